The van der Waals surface area contributed by atoms with Crippen LogP contribution in [0.15, 0.2) is 12.2 Å². The van der Waals surface area contributed by atoms with Crippen LogP contribution in [0.5, 0.6) is 0 Å². The van der Waals surface area contributed by atoms with E-state index in [1.807, 2.05) is 0 Å². The maximum atomic E-state index is 9.88. The molecule has 1 heteroatoms. The molecule has 2 aliphatic rings. The van der Waals surface area contributed by atoms with E-state index >= 15 is 0 Å². The lowest BCUT2D eigenvalue weighted by Crippen LogP contribution is -2.35. The molecular weight excluding hydrogens is 148 g/mol. The van der Waals surface area contributed by atoms with E-state index in [0.717, 1.165) is 6.42 Å². The van der Waals surface area contributed by atoms with Gasteiger partial charge in [-0.15, -0.1) is 6.42 Å². The van der Waals surface area contributed by atoms with Crippen molar-refractivity contribution in [1.29, 1.82) is 0 Å². The molecule has 1 fully saturated rings. The van der Waals surface area contributed by atoms with Gasteiger partial charge in [-0.3, -0.25) is 0 Å². The van der Waals surface area contributed by atoms with E-state index < -0.39 is 5.60 Å². The lowest BCUT2D eigenvalue weighted by molar-refractivity contribution is 0.0434. The zero-order valence-electron chi connectivity index (χ0n) is 7.33. The average Bonchev–Trinajstić information content (AvgIpc) is 2.64. The van der Waals surface area contributed by atoms with Crippen LogP contribution in [0.4, 0.5) is 0 Å². The van der Waals surface area contributed by atoms with Gasteiger partial charge in [0.25, 0.3) is 0 Å². The molecule has 0 heterocycles. The number of allylic oxidation sites excluding steroid dienone is 2. The Labute approximate surface area is 73.5 Å². The molecule has 0 aliphatic heterocycles. The van der Waals surface area contributed by atoms with Gasteiger partial charge in [0, 0.05) is 5.92 Å². The summed E-state index contributed by atoms with van der Waals surface area (Å²) in [5.74, 6) is 3.99. The summed E-state index contributed by atoms with van der Waals surface area (Å²) >= 11 is 0. The lowest BCUT2D eigenvalue weighted by Gasteiger charge is -2.29. The zero-order valence-corrected chi connectivity index (χ0v) is 7.33. The van der Waals surface area contributed by atoms with Crippen LogP contribution < -0.4 is 0 Å². The summed E-state index contributed by atoms with van der Waals surface area (Å²) in [4.78, 5) is 0. The van der Waals surface area contributed by atoms with Crippen LogP contribution in [0.25, 0.3) is 0 Å². The molecule has 0 amide bonds. The summed E-state index contributed by atoms with van der Waals surface area (Å²) in [6.07, 6.45) is 12.0. The van der Waals surface area contributed by atoms with Crippen molar-refractivity contribution in [2.24, 2.45) is 17.8 Å². The second-order valence-corrected chi connectivity index (χ2v) is 4.18. The van der Waals surface area contributed by atoms with Crippen molar-refractivity contribution in [3.05, 3.63) is 12.2 Å². The second kappa shape index (κ2) is 2.37. The molecule has 64 valence electrons. The first-order chi connectivity index (χ1) is 5.63. The number of rotatable bonds is 1. The highest BCUT2D eigenvalue weighted by Gasteiger charge is 2.44. The molecular formula is C11H14O. The molecule has 0 aromatic heterocycles. The highest BCUT2D eigenvalue weighted by Crippen LogP contribution is 2.47. The summed E-state index contributed by atoms with van der Waals surface area (Å²) in [6.45, 7) is 1.76. The van der Waals surface area contributed by atoms with E-state index in [-0.39, 0.29) is 5.92 Å². The van der Waals surface area contributed by atoms with Crippen LogP contribution in [0.2, 0.25) is 0 Å². The maximum absolute atomic E-state index is 9.88. The van der Waals surface area contributed by atoms with Gasteiger partial charge < -0.3 is 5.11 Å². The van der Waals surface area contributed by atoms with Crippen molar-refractivity contribution in [3.8, 4) is 12.3 Å². The van der Waals surface area contributed by atoms with E-state index in [1.54, 1.807) is 6.92 Å². The largest absolute Gasteiger partial charge is 0.378 e. The van der Waals surface area contributed by atoms with E-state index in [9.17, 15) is 5.11 Å². The van der Waals surface area contributed by atoms with Crippen molar-refractivity contribution >= 4 is 0 Å². The van der Waals surface area contributed by atoms with Crippen molar-refractivity contribution in [1.82, 2.24) is 0 Å². The summed E-state index contributed by atoms with van der Waals surface area (Å²) in [5, 5.41) is 9.88. The first-order valence-corrected chi connectivity index (χ1v) is 4.52. The summed E-state index contributed by atoms with van der Waals surface area (Å²) in [5.41, 5.74) is -0.899. The predicted molar refractivity (Wildman–Crippen MR) is 48.3 cm³/mol. The molecule has 0 spiro atoms. The van der Waals surface area contributed by atoms with Crippen molar-refractivity contribution in [2.75, 3.05) is 0 Å². The van der Waals surface area contributed by atoms with Crippen molar-refractivity contribution < 1.29 is 5.11 Å². The van der Waals surface area contributed by atoms with Gasteiger partial charge >= 0.3 is 0 Å². The molecule has 1 nitrogen and oxygen atoms in total. The molecule has 0 aromatic carbocycles. The standard InChI is InChI=1S/C11H14O/c1-3-11(2,12)10-7-8-4-5-9(10)6-8/h1,4-5,8-10,12H,6-7H2,2H3. The Balaban J connectivity index is 2.19. The summed E-state index contributed by atoms with van der Waals surface area (Å²) in [6, 6.07) is 0. The smallest absolute Gasteiger partial charge is 0.125 e. The lowest BCUT2D eigenvalue weighted by atomic mass is 9.80. The predicted octanol–water partition coefficient (Wildman–Crippen LogP) is 1.58. The van der Waals surface area contributed by atoms with Crippen LogP contribution in [-0.4, -0.2) is 10.7 Å². The van der Waals surface area contributed by atoms with Gasteiger partial charge in [-0.2, -0.15) is 0 Å². The quantitative estimate of drug-likeness (QED) is 0.458. The molecule has 1 saturated carbocycles. The second-order valence-electron chi connectivity index (χ2n) is 4.18. The third-order valence-corrected chi connectivity index (χ3v) is 3.29. The molecule has 1 N–H and O–H groups in total. The first-order valence-electron chi connectivity index (χ1n) is 4.52. The van der Waals surface area contributed by atoms with Gasteiger partial charge in [0.1, 0.15) is 5.60 Å². The van der Waals surface area contributed by atoms with Gasteiger partial charge in [-0.05, 0) is 31.6 Å². The highest BCUT2D eigenvalue weighted by atomic mass is 16.3. The van der Waals surface area contributed by atoms with E-state index in [4.69, 9.17) is 6.42 Å². The summed E-state index contributed by atoms with van der Waals surface area (Å²) < 4.78 is 0. The minimum atomic E-state index is -0.899. The van der Waals surface area contributed by atoms with Crippen LogP contribution in [0, 0.1) is 30.1 Å². The molecule has 4 unspecified atom stereocenters. The fourth-order valence-electron chi connectivity index (χ4n) is 2.53. The minimum absolute atomic E-state index is 0.289. The molecule has 0 saturated heterocycles. The topological polar surface area (TPSA) is 20.2 Å². The normalized spacial score (nSPS) is 42.6. The number of terminal acetylenes is 1. The zero-order chi connectivity index (χ0) is 8.77. The fourth-order valence-corrected chi connectivity index (χ4v) is 2.53. The van der Waals surface area contributed by atoms with Gasteiger partial charge in [-0.1, -0.05) is 18.1 Å². The molecule has 4 atom stereocenters. The molecule has 2 rings (SSSR count). The van der Waals surface area contributed by atoms with Gasteiger partial charge in [0.15, 0.2) is 0 Å². The summed E-state index contributed by atoms with van der Waals surface area (Å²) in [7, 11) is 0. The first kappa shape index (κ1) is 7.89. The van der Waals surface area contributed by atoms with Crippen LogP contribution in [0.3, 0.4) is 0 Å². The Morgan fingerprint density at radius 2 is 2.25 bits per heavy atom. The van der Waals surface area contributed by atoms with Crippen molar-refractivity contribution in [3.63, 3.8) is 0 Å². The third-order valence-electron chi connectivity index (χ3n) is 3.29. The van der Waals surface area contributed by atoms with E-state index in [1.165, 1.54) is 6.42 Å². The number of fused-ring (bicyclic) bond motifs is 2. The van der Waals surface area contributed by atoms with Crippen molar-refractivity contribution in [2.45, 2.75) is 25.4 Å². The van der Waals surface area contributed by atoms with Crippen LogP contribution in [0.1, 0.15) is 19.8 Å². The van der Waals surface area contributed by atoms with E-state index in [2.05, 4.69) is 18.1 Å². The monoisotopic (exact) mass is 162 g/mol. The highest BCUT2D eigenvalue weighted by molar-refractivity contribution is 5.19. The molecule has 2 aliphatic carbocycles. The third kappa shape index (κ3) is 0.990. The van der Waals surface area contributed by atoms with Gasteiger partial charge in [-0.25, -0.2) is 0 Å². The number of aliphatic hydroxyl groups is 1. The van der Waals surface area contributed by atoms with Crippen LogP contribution in [-0.2, 0) is 0 Å². The molecule has 12 heavy (non-hydrogen) atoms. The van der Waals surface area contributed by atoms with Crippen LogP contribution >= 0.6 is 0 Å². The number of hydrogen-bond acceptors (Lipinski definition) is 1. The minimum Gasteiger partial charge on any atom is -0.378 e. The fraction of sp³-hybridized carbons (Fsp3) is 0.636. The van der Waals surface area contributed by atoms with E-state index in [0.29, 0.717) is 11.8 Å². The Hall–Kier alpha value is -0.740. The Morgan fingerprint density at radius 1 is 1.50 bits per heavy atom. The maximum Gasteiger partial charge on any atom is 0.125 e. The molecule has 0 aromatic rings. The average molecular weight is 162 g/mol. The molecule has 0 radical (unpaired) electrons. The SMILES string of the molecule is C#CC(C)(O)C1CC2C=CC1C2. The Morgan fingerprint density at radius 3 is 2.67 bits per heavy atom. The number of hydrogen-bond donors (Lipinski definition) is 1. The van der Waals surface area contributed by atoms with Gasteiger partial charge in [0.2, 0.25) is 0 Å². The Kier molecular flexibility index (Phi) is 1.56. The Bertz CT molecular complexity index is 257. The van der Waals surface area contributed by atoms with Gasteiger partial charge in [0.05, 0.1) is 0 Å². The molecule has 2 bridgehead atoms.